The van der Waals surface area contributed by atoms with Crippen molar-refractivity contribution in [3.63, 3.8) is 0 Å². The summed E-state index contributed by atoms with van der Waals surface area (Å²) in [7, 11) is 1.72. The maximum absolute atomic E-state index is 5.46. The van der Waals surface area contributed by atoms with Gasteiger partial charge >= 0.3 is 23.1 Å². The van der Waals surface area contributed by atoms with E-state index in [0.29, 0.717) is 0 Å². The standard InChI is InChI=1S/C17H11O.BrH.Mg/c1-18-15-10-8-13-6-5-11-3-2-4-12-7-9-14(15)17(13)16(11)12;;/h2,4-10H,1H3;1H;/q-1;;+2/p-1. The fourth-order valence-electron chi connectivity index (χ4n) is 2.81. The summed E-state index contributed by atoms with van der Waals surface area (Å²) in [6.07, 6.45) is 0. The van der Waals surface area contributed by atoms with Gasteiger partial charge in [-0.1, -0.05) is 29.7 Å². The molecule has 0 unspecified atom stereocenters. The molecule has 1 nitrogen and oxygen atoms in total. The minimum Gasteiger partial charge on any atom is -1.00 e. The maximum atomic E-state index is 5.46. The van der Waals surface area contributed by atoms with Crippen LogP contribution in [0.2, 0.25) is 0 Å². The zero-order valence-electron chi connectivity index (χ0n) is 11.1. The average Bonchev–Trinajstić information content (AvgIpc) is 2.44. The second kappa shape index (κ2) is 5.76. The van der Waals surface area contributed by atoms with Crippen LogP contribution in [0.3, 0.4) is 0 Å². The Kier molecular flexibility index (Phi) is 4.42. The molecule has 0 aliphatic heterocycles. The summed E-state index contributed by atoms with van der Waals surface area (Å²) < 4.78 is 5.46. The van der Waals surface area contributed by atoms with Gasteiger partial charge in [-0.3, -0.25) is 0 Å². The second-order valence-electron chi connectivity index (χ2n) is 4.53. The van der Waals surface area contributed by atoms with Gasteiger partial charge < -0.3 is 21.7 Å². The van der Waals surface area contributed by atoms with Crippen molar-refractivity contribution in [2.75, 3.05) is 7.11 Å². The van der Waals surface area contributed by atoms with E-state index in [4.69, 9.17) is 4.74 Å². The third-order valence-electron chi connectivity index (χ3n) is 3.63. The predicted octanol–water partition coefficient (Wildman–Crippen LogP) is 1.02. The SMILES string of the molecule is COc1ccc2ccc3[c-]ccc4ccc1c2c34.[Br-].[Mg+2]. The molecule has 0 aliphatic rings. The van der Waals surface area contributed by atoms with Crippen molar-refractivity contribution in [1.29, 1.82) is 0 Å². The molecule has 0 heterocycles. The van der Waals surface area contributed by atoms with Gasteiger partial charge in [0, 0.05) is 5.39 Å². The van der Waals surface area contributed by atoms with E-state index in [1.807, 2.05) is 12.1 Å². The fraction of sp³-hybridized carbons (Fsp3) is 0.0588. The molecule has 0 spiro atoms. The van der Waals surface area contributed by atoms with Crippen molar-refractivity contribution in [1.82, 2.24) is 0 Å². The van der Waals surface area contributed by atoms with Crippen molar-refractivity contribution in [3.05, 3.63) is 54.6 Å². The molecule has 0 N–H and O–H groups in total. The minimum atomic E-state index is 0. The van der Waals surface area contributed by atoms with Crippen molar-refractivity contribution in [3.8, 4) is 5.75 Å². The van der Waals surface area contributed by atoms with Gasteiger partial charge in [-0.25, -0.2) is 0 Å². The normalized spacial score (nSPS) is 10.4. The first-order valence-electron chi connectivity index (χ1n) is 6.01. The molecule has 0 saturated carbocycles. The first-order chi connectivity index (χ1) is 8.88. The molecule has 0 amide bonds. The van der Waals surface area contributed by atoms with E-state index < -0.39 is 0 Å². The van der Waals surface area contributed by atoms with Crippen LogP contribution < -0.4 is 21.7 Å². The van der Waals surface area contributed by atoms with Crippen LogP contribution in [-0.4, -0.2) is 30.2 Å². The van der Waals surface area contributed by atoms with Crippen LogP contribution in [0, 0.1) is 6.07 Å². The van der Waals surface area contributed by atoms with Gasteiger partial charge in [0.1, 0.15) is 5.75 Å². The van der Waals surface area contributed by atoms with Crippen LogP contribution in [-0.2, 0) is 0 Å². The van der Waals surface area contributed by atoms with Crippen LogP contribution in [0.5, 0.6) is 5.75 Å². The minimum absolute atomic E-state index is 0. The Morgan fingerprint density at radius 1 is 0.850 bits per heavy atom. The Labute approximate surface area is 144 Å². The third-order valence-corrected chi connectivity index (χ3v) is 3.63. The van der Waals surface area contributed by atoms with E-state index in [1.54, 1.807) is 7.11 Å². The van der Waals surface area contributed by atoms with E-state index in [1.165, 1.54) is 32.3 Å². The van der Waals surface area contributed by atoms with Gasteiger partial charge in [0.25, 0.3) is 0 Å². The summed E-state index contributed by atoms with van der Waals surface area (Å²) in [6.45, 7) is 0. The second-order valence-corrected chi connectivity index (χ2v) is 4.53. The molecule has 3 heteroatoms. The third kappa shape index (κ3) is 2.05. The molecule has 0 radical (unpaired) electrons. The quantitative estimate of drug-likeness (QED) is 0.287. The first kappa shape index (κ1) is 15.4. The zero-order chi connectivity index (χ0) is 12.1. The number of methoxy groups -OCH3 is 1. The fourth-order valence-corrected chi connectivity index (χ4v) is 2.81. The summed E-state index contributed by atoms with van der Waals surface area (Å²) in [6, 6.07) is 20.1. The summed E-state index contributed by atoms with van der Waals surface area (Å²) >= 11 is 0. The molecule has 0 aromatic heterocycles. The van der Waals surface area contributed by atoms with E-state index in [9.17, 15) is 0 Å². The predicted molar refractivity (Wildman–Crippen MR) is 81.3 cm³/mol. The number of ether oxygens (including phenoxy) is 1. The van der Waals surface area contributed by atoms with Crippen LogP contribution in [0.1, 0.15) is 0 Å². The Morgan fingerprint density at radius 3 is 2.35 bits per heavy atom. The van der Waals surface area contributed by atoms with Crippen molar-refractivity contribution in [2.45, 2.75) is 0 Å². The molecular weight excluding hydrogens is 324 g/mol. The smallest absolute Gasteiger partial charge is 1.00 e. The number of hydrogen-bond acceptors (Lipinski definition) is 1. The summed E-state index contributed by atoms with van der Waals surface area (Å²) in [4.78, 5) is 0. The van der Waals surface area contributed by atoms with E-state index in [-0.39, 0.29) is 40.0 Å². The summed E-state index contributed by atoms with van der Waals surface area (Å²) in [5.41, 5.74) is 0. The molecule has 94 valence electrons. The molecule has 0 aliphatic carbocycles. The Morgan fingerprint density at radius 2 is 1.55 bits per heavy atom. The van der Waals surface area contributed by atoms with Crippen molar-refractivity contribution in [2.24, 2.45) is 0 Å². The largest absolute Gasteiger partial charge is 2.00 e. The van der Waals surface area contributed by atoms with Gasteiger partial charge in [-0.05, 0) is 16.8 Å². The molecule has 4 aromatic carbocycles. The first-order valence-corrected chi connectivity index (χ1v) is 6.01. The van der Waals surface area contributed by atoms with E-state index in [0.717, 1.165) is 5.75 Å². The average molecular weight is 335 g/mol. The molecule has 0 bridgehead atoms. The summed E-state index contributed by atoms with van der Waals surface area (Å²) in [5.74, 6) is 0.931. The molecule has 0 saturated heterocycles. The van der Waals surface area contributed by atoms with Crippen LogP contribution >= 0.6 is 0 Å². The van der Waals surface area contributed by atoms with Gasteiger partial charge in [0.05, 0.1) is 7.11 Å². The number of benzene rings is 4. The number of halogens is 1. The van der Waals surface area contributed by atoms with Gasteiger partial charge in [-0.15, -0.1) is 35.0 Å². The Hall–Kier alpha value is -1.03. The van der Waals surface area contributed by atoms with E-state index in [2.05, 4.69) is 42.5 Å². The molecule has 4 rings (SSSR count). The monoisotopic (exact) mass is 334 g/mol. The van der Waals surface area contributed by atoms with Gasteiger partial charge in [-0.2, -0.15) is 0 Å². The Bertz CT molecular complexity index is 857. The molecule has 0 atom stereocenters. The molecule has 20 heavy (non-hydrogen) atoms. The van der Waals surface area contributed by atoms with Crippen LogP contribution in [0.4, 0.5) is 0 Å². The van der Waals surface area contributed by atoms with Crippen molar-refractivity contribution < 1.29 is 21.7 Å². The van der Waals surface area contributed by atoms with E-state index >= 15 is 0 Å². The van der Waals surface area contributed by atoms with Crippen LogP contribution in [0.15, 0.2) is 48.5 Å². The Balaban J connectivity index is 0.000000735. The van der Waals surface area contributed by atoms with Crippen molar-refractivity contribution >= 4 is 55.4 Å². The van der Waals surface area contributed by atoms with Gasteiger partial charge in [0.15, 0.2) is 0 Å². The number of hydrogen-bond donors (Lipinski definition) is 0. The maximum Gasteiger partial charge on any atom is 2.00 e. The topological polar surface area (TPSA) is 9.23 Å². The van der Waals surface area contributed by atoms with Crippen LogP contribution in [0.25, 0.3) is 32.3 Å². The number of rotatable bonds is 1. The zero-order valence-corrected chi connectivity index (χ0v) is 14.1. The molecular formula is C17H11BrMgO. The molecule has 4 aromatic rings. The summed E-state index contributed by atoms with van der Waals surface area (Å²) in [5, 5.41) is 7.41. The molecule has 0 fully saturated rings. The van der Waals surface area contributed by atoms with Gasteiger partial charge in [0.2, 0.25) is 0 Å².